The van der Waals surface area contributed by atoms with Crippen molar-refractivity contribution in [1.29, 1.82) is 0 Å². The van der Waals surface area contributed by atoms with Gasteiger partial charge in [0.1, 0.15) is 5.39 Å². The van der Waals surface area contributed by atoms with Crippen LogP contribution in [0.2, 0.25) is 0 Å². The summed E-state index contributed by atoms with van der Waals surface area (Å²) in [4.78, 5) is 14.4. The van der Waals surface area contributed by atoms with Gasteiger partial charge in [0, 0.05) is 24.1 Å². The second-order valence-corrected chi connectivity index (χ2v) is 4.59. The van der Waals surface area contributed by atoms with Crippen molar-refractivity contribution < 1.29 is 4.57 Å². The molecule has 3 aromatic rings. The fourth-order valence-corrected chi connectivity index (χ4v) is 2.21. The third-order valence-electron chi connectivity index (χ3n) is 3.27. The highest BCUT2D eigenvalue weighted by molar-refractivity contribution is 5.79. The Kier molecular flexibility index (Phi) is 3.11. The van der Waals surface area contributed by atoms with Crippen LogP contribution in [0.15, 0.2) is 65.8 Å². The molecule has 0 aliphatic carbocycles. The molecule has 0 amide bonds. The van der Waals surface area contributed by atoms with Gasteiger partial charge in [-0.05, 0) is 11.6 Å². The minimum Gasteiger partial charge on any atom is -0.328 e. The average Bonchev–Trinajstić information content (AvgIpc) is 2.47. The standard InChI is InChI=1S/C16H14N2O/c19-16-15-12-18(11-8-14(15)6-9-17-16)10-7-13-4-2-1-3-5-13/h1-6,8-9,11-12H,7,10H2/p+1. The smallest absolute Gasteiger partial charge is 0.261 e. The van der Waals surface area contributed by atoms with E-state index in [1.165, 1.54) is 5.56 Å². The van der Waals surface area contributed by atoms with Gasteiger partial charge in [-0.2, -0.15) is 0 Å². The van der Waals surface area contributed by atoms with Crippen molar-refractivity contribution in [3.63, 3.8) is 0 Å². The fraction of sp³-hybridized carbons (Fsp3) is 0.125. The molecule has 0 saturated carbocycles. The first-order chi connectivity index (χ1) is 9.33. The van der Waals surface area contributed by atoms with Gasteiger partial charge in [0.2, 0.25) is 0 Å². The Morgan fingerprint density at radius 2 is 1.89 bits per heavy atom. The normalized spacial score (nSPS) is 10.7. The summed E-state index contributed by atoms with van der Waals surface area (Å²) in [6.07, 6.45) is 6.57. The maximum atomic E-state index is 11.7. The Morgan fingerprint density at radius 3 is 2.74 bits per heavy atom. The molecule has 2 aromatic heterocycles. The van der Waals surface area contributed by atoms with Crippen LogP contribution in [0.25, 0.3) is 10.8 Å². The van der Waals surface area contributed by atoms with Gasteiger partial charge in [0.25, 0.3) is 5.56 Å². The number of aryl methyl sites for hydroxylation is 2. The minimum absolute atomic E-state index is 0.0356. The largest absolute Gasteiger partial charge is 0.328 e. The number of benzene rings is 1. The molecular weight excluding hydrogens is 236 g/mol. The zero-order valence-corrected chi connectivity index (χ0v) is 10.5. The molecular formula is C16H15N2O+. The van der Waals surface area contributed by atoms with Crippen molar-refractivity contribution in [3.05, 3.63) is 77.0 Å². The lowest BCUT2D eigenvalue weighted by atomic mass is 10.1. The first-order valence-corrected chi connectivity index (χ1v) is 6.37. The van der Waals surface area contributed by atoms with Gasteiger partial charge in [0.15, 0.2) is 18.9 Å². The van der Waals surface area contributed by atoms with Gasteiger partial charge in [-0.15, -0.1) is 0 Å². The molecule has 3 rings (SSSR count). The van der Waals surface area contributed by atoms with Crippen LogP contribution in [0.4, 0.5) is 0 Å². The predicted molar refractivity (Wildman–Crippen MR) is 74.9 cm³/mol. The van der Waals surface area contributed by atoms with E-state index in [0.29, 0.717) is 0 Å². The summed E-state index contributed by atoms with van der Waals surface area (Å²) in [5.41, 5.74) is 1.27. The zero-order valence-electron chi connectivity index (χ0n) is 10.5. The quantitative estimate of drug-likeness (QED) is 0.711. The summed E-state index contributed by atoms with van der Waals surface area (Å²) in [5.74, 6) is 0. The molecule has 0 bridgehead atoms. The summed E-state index contributed by atoms with van der Waals surface area (Å²) in [7, 11) is 0. The number of rotatable bonds is 3. The highest BCUT2D eigenvalue weighted by atomic mass is 16.1. The Labute approximate surface area is 111 Å². The van der Waals surface area contributed by atoms with Crippen molar-refractivity contribution in [2.24, 2.45) is 0 Å². The lowest BCUT2D eigenvalue weighted by Crippen LogP contribution is -2.34. The van der Waals surface area contributed by atoms with Crippen LogP contribution < -0.4 is 10.1 Å². The zero-order chi connectivity index (χ0) is 13.1. The van der Waals surface area contributed by atoms with E-state index in [9.17, 15) is 4.79 Å². The number of aromatic nitrogens is 2. The Balaban J connectivity index is 1.86. The van der Waals surface area contributed by atoms with Crippen LogP contribution in [0.1, 0.15) is 5.56 Å². The molecule has 0 radical (unpaired) electrons. The van der Waals surface area contributed by atoms with Crippen LogP contribution >= 0.6 is 0 Å². The molecule has 0 saturated heterocycles. The molecule has 0 aliphatic heterocycles. The molecule has 3 heteroatoms. The first-order valence-electron chi connectivity index (χ1n) is 6.37. The van der Waals surface area contributed by atoms with Crippen LogP contribution in [0.3, 0.4) is 0 Å². The van der Waals surface area contributed by atoms with Gasteiger partial charge >= 0.3 is 0 Å². The molecule has 0 unspecified atom stereocenters. The Hall–Kier alpha value is -2.42. The van der Waals surface area contributed by atoms with Crippen LogP contribution in [0, 0.1) is 0 Å². The molecule has 0 aliphatic rings. The van der Waals surface area contributed by atoms with E-state index in [-0.39, 0.29) is 5.56 Å². The third-order valence-corrected chi connectivity index (χ3v) is 3.27. The van der Waals surface area contributed by atoms with E-state index in [2.05, 4.69) is 21.7 Å². The van der Waals surface area contributed by atoms with Crippen LogP contribution in [0.5, 0.6) is 0 Å². The number of aromatic amines is 1. The Bertz CT molecular complexity index is 747. The lowest BCUT2D eigenvalue weighted by Gasteiger charge is -2.00. The number of pyridine rings is 2. The van der Waals surface area contributed by atoms with Crippen LogP contribution in [-0.4, -0.2) is 4.98 Å². The number of nitrogens with one attached hydrogen (secondary N) is 1. The van der Waals surface area contributed by atoms with E-state index < -0.39 is 0 Å². The van der Waals surface area contributed by atoms with Gasteiger partial charge in [0.05, 0.1) is 0 Å². The number of H-pyrrole nitrogens is 1. The molecule has 19 heavy (non-hydrogen) atoms. The molecule has 0 spiro atoms. The molecule has 1 aromatic carbocycles. The number of fused-ring (bicyclic) bond motifs is 1. The molecule has 0 fully saturated rings. The number of hydrogen-bond donors (Lipinski definition) is 1. The maximum Gasteiger partial charge on any atom is 0.261 e. The van der Waals surface area contributed by atoms with E-state index in [4.69, 9.17) is 0 Å². The van der Waals surface area contributed by atoms with E-state index in [1.54, 1.807) is 6.20 Å². The van der Waals surface area contributed by atoms with E-state index in [0.717, 1.165) is 23.7 Å². The Morgan fingerprint density at radius 1 is 1.05 bits per heavy atom. The van der Waals surface area contributed by atoms with Gasteiger partial charge in [-0.3, -0.25) is 4.79 Å². The monoisotopic (exact) mass is 251 g/mol. The van der Waals surface area contributed by atoms with E-state index in [1.807, 2.05) is 42.7 Å². The van der Waals surface area contributed by atoms with Gasteiger partial charge < -0.3 is 4.98 Å². The molecule has 2 heterocycles. The highest BCUT2D eigenvalue weighted by Crippen LogP contribution is 2.04. The summed E-state index contributed by atoms with van der Waals surface area (Å²) in [6.45, 7) is 0.869. The predicted octanol–water partition coefficient (Wildman–Crippen LogP) is 2.06. The number of nitrogens with zero attached hydrogens (tertiary/aromatic N) is 1. The maximum absolute atomic E-state index is 11.7. The van der Waals surface area contributed by atoms with Crippen molar-refractivity contribution in [2.75, 3.05) is 0 Å². The van der Waals surface area contributed by atoms with Crippen molar-refractivity contribution >= 4 is 10.8 Å². The second kappa shape index (κ2) is 5.06. The van der Waals surface area contributed by atoms with Crippen LogP contribution in [-0.2, 0) is 13.0 Å². The summed E-state index contributed by atoms with van der Waals surface area (Å²) < 4.78 is 2.06. The highest BCUT2D eigenvalue weighted by Gasteiger charge is 2.06. The summed E-state index contributed by atoms with van der Waals surface area (Å²) in [5, 5.41) is 1.71. The summed E-state index contributed by atoms with van der Waals surface area (Å²) >= 11 is 0. The summed E-state index contributed by atoms with van der Waals surface area (Å²) in [6, 6.07) is 14.2. The van der Waals surface area contributed by atoms with Crippen molar-refractivity contribution in [3.8, 4) is 0 Å². The fourth-order valence-electron chi connectivity index (χ4n) is 2.21. The minimum atomic E-state index is -0.0356. The molecule has 0 atom stereocenters. The van der Waals surface area contributed by atoms with Crippen molar-refractivity contribution in [1.82, 2.24) is 4.98 Å². The second-order valence-electron chi connectivity index (χ2n) is 4.59. The topological polar surface area (TPSA) is 36.7 Å². The first kappa shape index (κ1) is 11.7. The number of hydrogen-bond acceptors (Lipinski definition) is 1. The average molecular weight is 251 g/mol. The SMILES string of the molecule is O=c1[nH]ccc2cc[n+](CCc3ccccc3)cc12. The molecule has 94 valence electrons. The van der Waals surface area contributed by atoms with Gasteiger partial charge in [-0.1, -0.05) is 30.3 Å². The van der Waals surface area contributed by atoms with Crippen molar-refractivity contribution in [2.45, 2.75) is 13.0 Å². The third kappa shape index (κ3) is 2.55. The van der Waals surface area contributed by atoms with E-state index >= 15 is 0 Å². The molecule has 1 N–H and O–H groups in total. The van der Waals surface area contributed by atoms with Gasteiger partial charge in [-0.25, -0.2) is 4.57 Å². The lowest BCUT2D eigenvalue weighted by molar-refractivity contribution is -0.695. The molecule has 3 nitrogen and oxygen atoms in total.